The molecular weight excluding hydrogens is 212 g/mol. The first kappa shape index (κ1) is 10.9. The number of carbonyl (C=O) groups is 2. The normalized spacial score (nSPS) is 32.9. The van der Waals surface area contributed by atoms with Crippen molar-refractivity contribution in [2.45, 2.75) is 24.5 Å². The number of likely N-dealkylation sites (N-methyl/N-ethyl adjacent to an activating group) is 1. The quantitative estimate of drug-likeness (QED) is 0.488. The second kappa shape index (κ2) is 3.44. The molecule has 0 aliphatic carbocycles. The summed E-state index contributed by atoms with van der Waals surface area (Å²) in [5, 5.41) is 12.8. The van der Waals surface area contributed by atoms with Gasteiger partial charge < -0.3 is 10.2 Å². The predicted octanol–water partition coefficient (Wildman–Crippen LogP) is -0.581. The van der Waals surface area contributed by atoms with Gasteiger partial charge in [0.05, 0.1) is 6.54 Å². The third kappa shape index (κ3) is 1.21. The second-order valence-corrected chi connectivity index (χ2v) is 4.03. The molecule has 2 rings (SSSR count). The Kier molecular flexibility index (Phi) is 2.34. The van der Waals surface area contributed by atoms with Crippen LogP contribution in [0.1, 0.15) is 12.8 Å². The molecule has 0 aromatic rings. The number of rotatable bonds is 2. The summed E-state index contributed by atoms with van der Waals surface area (Å²) < 4.78 is 0. The van der Waals surface area contributed by atoms with Gasteiger partial charge in [0.1, 0.15) is 6.04 Å². The van der Waals surface area contributed by atoms with Crippen molar-refractivity contribution in [2.24, 2.45) is 4.99 Å². The molecule has 2 unspecified atom stereocenters. The molecule has 0 saturated carbocycles. The van der Waals surface area contributed by atoms with Crippen LogP contribution >= 0.6 is 0 Å². The van der Waals surface area contributed by atoms with Gasteiger partial charge in [-0.05, 0) is 19.6 Å². The number of aliphatic imine (C=N–C) groups is 1. The maximum absolute atomic E-state index is 11.7. The van der Waals surface area contributed by atoms with Crippen LogP contribution in [0.2, 0.25) is 0 Å². The third-order valence-corrected chi connectivity index (χ3v) is 3.28. The van der Waals surface area contributed by atoms with Gasteiger partial charge in [0, 0.05) is 7.05 Å². The Morgan fingerprint density at radius 1 is 1.75 bits per heavy atom. The number of piperidine rings is 1. The Bertz CT molecular complexity index is 359. The number of urea groups is 1. The SMILES string of the molecule is C=NC12CCC(C(=O)NC)N(C1)C(=O)N2O. The van der Waals surface area contributed by atoms with E-state index in [9.17, 15) is 14.8 Å². The first-order chi connectivity index (χ1) is 7.55. The van der Waals surface area contributed by atoms with Gasteiger partial charge in [0.15, 0.2) is 5.66 Å². The van der Waals surface area contributed by atoms with Gasteiger partial charge in [0.25, 0.3) is 0 Å². The van der Waals surface area contributed by atoms with E-state index in [1.165, 1.54) is 11.9 Å². The summed E-state index contributed by atoms with van der Waals surface area (Å²) in [6, 6.07) is -1.11. The summed E-state index contributed by atoms with van der Waals surface area (Å²) in [6.45, 7) is 3.61. The van der Waals surface area contributed by atoms with Gasteiger partial charge in [-0.25, -0.2) is 4.79 Å². The monoisotopic (exact) mass is 226 g/mol. The first-order valence-electron chi connectivity index (χ1n) is 5.05. The molecular formula is C9H14N4O3. The summed E-state index contributed by atoms with van der Waals surface area (Å²) in [4.78, 5) is 28.4. The van der Waals surface area contributed by atoms with Crippen LogP contribution in [-0.4, -0.2) is 59.1 Å². The molecule has 88 valence electrons. The van der Waals surface area contributed by atoms with Crippen LogP contribution in [0.4, 0.5) is 4.79 Å². The standard InChI is InChI=1S/C9H14N4O3/c1-10-7(14)6-3-4-9(11-2)5-12(6)8(15)13(9)16/h6,16H,2-5H2,1H3,(H,10,14). The van der Waals surface area contributed by atoms with Crippen LogP contribution in [0.5, 0.6) is 0 Å². The van der Waals surface area contributed by atoms with Gasteiger partial charge >= 0.3 is 6.03 Å². The van der Waals surface area contributed by atoms with Gasteiger partial charge in [-0.2, -0.15) is 5.06 Å². The van der Waals surface area contributed by atoms with Crippen molar-refractivity contribution in [1.82, 2.24) is 15.3 Å². The molecule has 2 heterocycles. The van der Waals surface area contributed by atoms with Gasteiger partial charge in [-0.3, -0.25) is 15.0 Å². The van der Waals surface area contributed by atoms with Crippen molar-refractivity contribution >= 4 is 18.7 Å². The summed E-state index contributed by atoms with van der Waals surface area (Å²) >= 11 is 0. The Hall–Kier alpha value is -1.63. The Labute approximate surface area is 92.7 Å². The number of nitrogens with one attached hydrogen (secondary N) is 1. The molecule has 2 bridgehead atoms. The van der Waals surface area contributed by atoms with Crippen molar-refractivity contribution in [3.8, 4) is 0 Å². The van der Waals surface area contributed by atoms with E-state index >= 15 is 0 Å². The topological polar surface area (TPSA) is 85.2 Å². The molecule has 16 heavy (non-hydrogen) atoms. The predicted molar refractivity (Wildman–Crippen MR) is 55.1 cm³/mol. The number of nitrogens with zero attached hydrogens (tertiary/aromatic N) is 3. The molecule has 2 saturated heterocycles. The van der Waals surface area contributed by atoms with Crippen LogP contribution in [-0.2, 0) is 4.79 Å². The van der Waals surface area contributed by atoms with E-state index < -0.39 is 17.7 Å². The Balaban J connectivity index is 2.29. The minimum absolute atomic E-state index is 0.212. The lowest BCUT2D eigenvalue weighted by atomic mass is 9.95. The lowest BCUT2D eigenvalue weighted by molar-refractivity contribution is -0.126. The molecule has 2 fully saturated rings. The highest BCUT2D eigenvalue weighted by Crippen LogP contribution is 2.37. The highest BCUT2D eigenvalue weighted by molar-refractivity contribution is 5.88. The fraction of sp³-hybridized carbons (Fsp3) is 0.667. The molecule has 2 N–H and O–H groups in total. The molecule has 0 aromatic heterocycles. The number of fused-ring (bicyclic) bond motifs is 2. The molecule has 2 aliphatic heterocycles. The van der Waals surface area contributed by atoms with E-state index in [2.05, 4.69) is 17.0 Å². The van der Waals surface area contributed by atoms with E-state index in [1.807, 2.05) is 0 Å². The molecule has 0 radical (unpaired) electrons. The number of hydroxylamine groups is 2. The van der Waals surface area contributed by atoms with Crippen LogP contribution < -0.4 is 5.32 Å². The van der Waals surface area contributed by atoms with Crippen molar-refractivity contribution in [2.75, 3.05) is 13.6 Å². The summed E-state index contributed by atoms with van der Waals surface area (Å²) in [6.07, 6.45) is 0.912. The molecule has 2 atom stereocenters. The lowest BCUT2D eigenvalue weighted by Crippen LogP contribution is -2.51. The number of amides is 3. The fourth-order valence-electron chi connectivity index (χ4n) is 2.29. The number of carbonyl (C=O) groups excluding carboxylic acids is 2. The maximum atomic E-state index is 11.7. The Morgan fingerprint density at radius 3 is 3.00 bits per heavy atom. The average molecular weight is 226 g/mol. The van der Waals surface area contributed by atoms with Gasteiger partial charge in [0.2, 0.25) is 5.91 Å². The summed E-state index contributed by atoms with van der Waals surface area (Å²) in [5.41, 5.74) is -0.971. The van der Waals surface area contributed by atoms with E-state index in [4.69, 9.17) is 0 Å². The van der Waals surface area contributed by atoms with Crippen LogP contribution in [0, 0.1) is 0 Å². The molecule has 0 spiro atoms. The van der Waals surface area contributed by atoms with Crippen molar-refractivity contribution in [1.29, 1.82) is 0 Å². The third-order valence-electron chi connectivity index (χ3n) is 3.28. The van der Waals surface area contributed by atoms with Crippen molar-refractivity contribution < 1.29 is 14.8 Å². The number of hydrogen-bond donors (Lipinski definition) is 2. The van der Waals surface area contributed by atoms with Crippen molar-refractivity contribution in [3.63, 3.8) is 0 Å². The second-order valence-electron chi connectivity index (χ2n) is 4.03. The van der Waals surface area contributed by atoms with Crippen molar-refractivity contribution in [3.05, 3.63) is 0 Å². The highest BCUT2D eigenvalue weighted by atomic mass is 16.5. The van der Waals surface area contributed by atoms with Crippen LogP contribution in [0.25, 0.3) is 0 Å². The average Bonchev–Trinajstić information content (AvgIpc) is 2.52. The van der Waals surface area contributed by atoms with E-state index in [-0.39, 0.29) is 12.5 Å². The fourth-order valence-corrected chi connectivity index (χ4v) is 2.29. The minimum Gasteiger partial charge on any atom is -0.357 e. The maximum Gasteiger partial charge on any atom is 0.346 e. The first-order valence-corrected chi connectivity index (χ1v) is 5.05. The molecule has 7 heteroatoms. The molecule has 2 aliphatic rings. The lowest BCUT2D eigenvalue weighted by Gasteiger charge is -2.34. The summed E-state index contributed by atoms with van der Waals surface area (Å²) in [5.74, 6) is -0.221. The molecule has 3 amide bonds. The van der Waals surface area contributed by atoms with Gasteiger partial charge in [-0.15, -0.1) is 0 Å². The molecule has 0 aromatic carbocycles. The van der Waals surface area contributed by atoms with Crippen LogP contribution in [0.15, 0.2) is 4.99 Å². The van der Waals surface area contributed by atoms with E-state index in [0.29, 0.717) is 17.9 Å². The summed E-state index contributed by atoms with van der Waals surface area (Å²) in [7, 11) is 1.52. The molecule has 7 nitrogen and oxygen atoms in total. The number of hydrogen-bond acceptors (Lipinski definition) is 4. The zero-order valence-corrected chi connectivity index (χ0v) is 9.01. The zero-order valence-electron chi connectivity index (χ0n) is 9.01. The largest absolute Gasteiger partial charge is 0.357 e. The van der Waals surface area contributed by atoms with Gasteiger partial charge in [-0.1, -0.05) is 0 Å². The van der Waals surface area contributed by atoms with E-state index in [1.54, 1.807) is 0 Å². The van der Waals surface area contributed by atoms with Crippen LogP contribution in [0.3, 0.4) is 0 Å². The highest BCUT2D eigenvalue weighted by Gasteiger charge is 2.56. The smallest absolute Gasteiger partial charge is 0.346 e. The minimum atomic E-state index is -0.971. The Morgan fingerprint density at radius 2 is 2.44 bits per heavy atom. The zero-order chi connectivity index (χ0) is 11.9. The van der Waals surface area contributed by atoms with E-state index in [0.717, 1.165) is 0 Å².